The minimum Gasteiger partial charge on any atom is -0.481 e. The molecule has 1 unspecified atom stereocenters. The zero-order valence-corrected chi connectivity index (χ0v) is 26.7. The van der Waals surface area contributed by atoms with E-state index in [4.69, 9.17) is 27.1 Å². The zero-order chi connectivity index (χ0) is 33.0. The van der Waals surface area contributed by atoms with Crippen molar-refractivity contribution in [3.8, 4) is 23.2 Å². The van der Waals surface area contributed by atoms with Gasteiger partial charge in [-0.1, -0.05) is 17.7 Å². The normalized spacial score (nSPS) is 22.6. The highest BCUT2D eigenvalue weighted by Crippen LogP contribution is 2.46. The Labute approximate surface area is 277 Å². The number of nitrogens with zero attached hydrogens (tertiary/aromatic N) is 5. The number of carbonyl (C=O) groups is 1. The highest BCUT2D eigenvalue weighted by atomic mass is 35.5. The molecular formula is C33H30ClF3N6O3S. The van der Waals surface area contributed by atoms with Crippen LogP contribution in [0.3, 0.4) is 0 Å². The molecule has 3 fully saturated rings. The van der Waals surface area contributed by atoms with Gasteiger partial charge in [-0.3, -0.25) is 9.69 Å². The van der Waals surface area contributed by atoms with Crippen molar-refractivity contribution in [2.45, 2.75) is 44.1 Å². The molecule has 3 aliphatic rings. The second-order valence-electron chi connectivity index (χ2n) is 12.5. The van der Waals surface area contributed by atoms with Gasteiger partial charge in [-0.15, -0.1) is 11.3 Å². The maximum Gasteiger partial charge on any atom is 0.319 e. The first-order valence-electron chi connectivity index (χ1n) is 15.4. The molecule has 2 aromatic heterocycles. The minimum absolute atomic E-state index is 0.00898. The third kappa shape index (κ3) is 5.32. The van der Waals surface area contributed by atoms with E-state index >= 15 is 4.39 Å². The fraction of sp³-hybridized carbons (Fsp3) is 0.394. The summed E-state index contributed by atoms with van der Waals surface area (Å²) in [6, 6.07) is 6.01. The van der Waals surface area contributed by atoms with Gasteiger partial charge in [-0.05, 0) is 68.3 Å². The van der Waals surface area contributed by atoms with Gasteiger partial charge in [0, 0.05) is 36.0 Å². The third-order valence-corrected chi connectivity index (χ3v) is 11.1. The molecule has 0 bridgehead atoms. The molecule has 9 nitrogen and oxygen atoms in total. The van der Waals surface area contributed by atoms with Crippen molar-refractivity contribution >= 4 is 60.7 Å². The van der Waals surface area contributed by atoms with E-state index in [-0.39, 0.29) is 54.9 Å². The number of hydrogen-bond acceptors (Lipinski definition) is 9. The van der Waals surface area contributed by atoms with Crippen LogP contribution >= 0.6 is 22.9 Å². The molecule has 0 saturated carbocycles. The van der Waals surface area contributed by atoms with Gasteiger partial charge in [0.1, 0.15) is 34.8 Å². The predicted molar refractivity (Wildman–Crippen MR) is 174 cm³/mol. The molecule has 0 amide bonds. The topological polar surface area (TPSA) is 129 Å². The number of rotatable bonds is 6. The number of halogens is 4. The molecule has 244 valence electrons. The van der Waals surface area contributed by atoms with Crippen molar-refractivity contribution in [1.82, 2.24) is 14.9 Å². The summed E-state index contributed by atoms with van der Waals surface area (Å²) in [5.41, 5.74) is 6.34. The summed E-state index contributed by atoms with van der Waals surface area (Å²) in [7, 11) is 0. The Kier molecular flexibility index (Phi) is 8.14. The van der Waals surface area contributed by atoms with Gasteiger partial charge in [0.25, 0.3) is 0 Å². The van der Waals surface area contributed by atoms with E-state index in [1.54, 1.807) is 0 Å². The average Bonchev–Trinajstić information content (AvgIpc) is 3.64. The van der Waals surface area contributed by atoms with Crippen LogP contribution in [0.1, 0.15) is 44.1 Å². The van der Waals surface area contributed by atoms with Crippen molar-refractivity contribution in [3.63, 3.8) is 0 Å². The van der Waals surface area contributed by atoms with E-state index < -0.39 is 29.1 Å². The number of thiophene rings is 1. The number of nitriles is 1. The lowest BCUT2D eigenvalue weighted by Gasteiger charge is -2.31. The van der Waals surface area contributed by atoms with Crippen LogP contribution in [-0.4, -0.2) is 64.3 Å². The van der Waals surface area contributed by atoms with Crippen LogP contribution in [0.2, 0.25) is 5.02 Å². The molecule has 3 saturated heterocycles. The summed E-state index contributed by atoms with van der Waals surface area (Å²) in [6.45, 7) is 2.31. The maximum atomic E-state index is 16.9. The smallest absolute Gasteiger partial charge is 0.319 e. The van der Waals surface area contributed by atoms with Gasteiger partial charge < -0.3 is 20.5 Å². The second-order valence-corrected chi connectivity index (χ2v) is 13.9. The second kappa shape index (κ2) is 12.2. The largest absolute Gasteiger partial charge is 0.481 e. The van der Waals surface area contributed by atoms with Gasteiger partial charge in [0.15, 0.2) is 5.82 Å². The van der Waals surface area contributed by atoms with Crippen molar-refractivity contribution in [2.75, 3.05) is 43.4 Å². The minimum atomic E-state index is -0.864. The molecule has 3 N–H and O–H groups in total. The van der Waals surface area contributed by atoms with Crippen LogP contribution in [0.15, 0.2) is 30.1 Å². The number of nitrogens with two attached hydrogens (primary N) is 1. The lowest BCUT2D eigenvalue weighted by atomic mass is 9.94. The van der Waals surface area contributed by atoms with Crippen LogP contribution in [0.5, 0.6) is 6.01 Å². The van der Waals surface area contributed by atoms with Crippen LogP contribution in [0, 0.1) is 28.9 Å². The molecule has 14 heteroatoms. The molecule has 0 spiro atoms. The summed E-state index contributed by atoms with van der Waals surface area (Å²) in [6.07, 6.45) is 4.33. The van der Waals surface area contributed by atoms with Crippen LogP contribution in [-0.2, 0) is 4.79 Å². The van der Waals surface area contributed by atoms with E-state index in [1.807, 2.05) is 11.0 Å². The number of benzene rings is 2. The summed E-state index contributed by atoms with van der Waals surface area (Å²) >= 11 is 7.70. The first-order chi connectivity index (χ1) is 22.6. The SMILES string of the molecule is N#Cc1c(N)sc2c(F)ccc(-c3c(Cl)cc4c(N5CCCC(C(=O)O)CC5)nc(OC[C@@]56CCCN5C/C(=C\F)C6)nc4c3F)c12. The Morgan fingerprint density at radius 2 is 2.09 bits per heavy atom. The van der Waals surface area contributed by atoms with Crippen LogP contribution in [0.4, 0.5) is 24.0 Å². The number of anilines is 2. The number of ether oxygens (including phenoxy) is 1. The lowest BCUT2D eigenvalue weighted by molar-refractivity contribution is -0.142. The van der Waals surface area contributed by atoms with E-state index in [0.29, 0.717) is 68.4 Å². The summed E-state index contributed by atoms with van der Waals surface area (Å²) in [5.74, 6) is -2.45. The Hall–Kier alpha value is -4.12. The highest BCUT2D eigenvalue weighted by Gasteiger charge is 2.47. The fourth-order valence-corrected chi connectivity index (χ4v) is 8.67. The van der Waals surface area contributed by atoms with Crippen molar-refractivity contribution in [1.29, 1.82) is 5.26 Å². The van der Waals surface area contributed by atoms with E-state index in [9.17, 15) is 23.9 Å². The molecule has 5 heterocycles. The standard InChI is InChI=1S/C33H30ClF3N6O3S/c34-22-11-20-27(26(37)25(22)19-4-5-23(36)28-24(19)21(14-38)29(39)47-28)40-32(41-30(20)42-8-1-3-18(6-10-42)31(44)45)46-16-33-7-2-9-43(33)15-17(12-33)13-35/h4-5,11,13,18H,1-3,6-10,12,15-16,39H2,(H,44,45)/b17-13-/t18?,33-/m0/s1. The first kappa shape index (κ1) is 31.5. The number of aliphatic carboxylic acids is 1. The Morgan fingerprint density at radius 1 is 1.26 bits per heavy atom. The van der Waals surface area contributed by atoms with Gasteiger partial charge in [-0.25, -0.2) is 13.2 Å². The van der Waals surface area contributed by atoms with Gasteiger partial charge in [-0.2, -0.15) is 15.2 Å². The molecule has 2 aromatic carbocycles. The van der Waals surface area contributed by atoms with Gasteiger partial charge in [0.05, 0.1) is 33.1 Å². The zero-order valence-electron chi connectivity index (χ0n) is 25.2. The Morgan fingerprint density at radius 3 is 2.85 bits per heavy atom. The predicted octanol–water partition coefficient (Wildman–Crippen LogP) is 7.06. The molecule has 7 rings (SSSR count). The molecule has 2 atom stereocenters. The van der Waals surface area contributed by atoms with E-state index in [0.717, 1.165) is 30.7 Å². The maximum absolute atomic E-state index is 16.9. The molecule has 47 heavy (non-hydrogen) atoms. The molecular weight excluding hydrogens is 653 g/mol. The molecule has 4 aromatic rings. The van der Waals surface area contributed by atoms with Crippen molar-refractivity contribution < 1.29 is 27.8 Å². The summed E-state index contributed by atoms with van der Waals surface area (Å²) in [4.78, 5) is 25.1. The summed E-state index contributed by atoms with van der Waals surface area (Å²) in [5, 5.41) is 20.0. The first-order valence-corrected chi connectivity index (χ1v) is 16.6. The number of hydrogen-bond donors (Lipinski definition) is 2. The van der Waals surface area contributed by atoms with E-state index in [2.05, 4.69) is 9.88 Å². The fourth-order valence-electron chi connectivity index (χ4n) is 7.43. The Bertz CT molecular complexity index is 2020. The monoisotopic (exact) mass is 682 g/mol. The number of carboxylic acids is 1. The van der Waals surface area contributed by atoms with Gasteiger partial charge >= 0.3 is 12.0 Å². The number of nitrogen functional groups attached to an aromatic ring is 1. The average molecular weight is 683 g/mol. The highest BCUT2D eigenvalue weighted by molar-refractivity contribution is 7.23. The van der Waals surface area contributed by atoms with Crippen molar-refractivity contribution in [3.05, 3.63) is 52.3 Å². The molecule has 3 aliphatic heterocycles. The van der Waals surface area contributed by atoms with Crippen LogP contribution in [0.25, 0.3) is 32.1 Å². The number of carboxylic acid groups (broad SMARTS) is 1. The lowest BCUT2D eigenvalue weighted by Crippen LogP contribution is -2.43. The molecule has 0 radical (unpaired) electrons. The van der Waals surface area contributed by atoms with Gasteiger partial charge in [0.2, 0.25) is 0 Å². The Balaban J connectivity index is 1.38. The molecule has 0 aliphatic carbocycles. The number of aromatic nitrogens is 2. The van der Waals surface area contributed by atoms with E-state index in [1.165, 1.54) is 18.2 Å². The van der Waals surface area contributed by atoms with Crippen molar-refractivity contribution in [2.24, 2.45) is 5.92 Å². The third-order valence-electron chi connectivity index (χ3n) is 9.73. The number of fused-ring (bicyclic) bond motifs is 3. The summed E-state index contributed by atoms with van der Waals surface area (Å²) < 4.78 is 51.6. The van der Waals surface area contributed by atoms with Crippen LogP contribution < -0.4 is 15.4 Å². The quantitative estimate of drug-likeness (QED) is 0.220.